The normalized spacial score (nSPS) is 9.47. The van der Waals surface area contributed by atoms with Crippen LogP contribution in [-0.2, 0) is 6.61 Å². The zero-order valence-corrected chi connectivity index (χ0v) is 9.91. The molecule has 2 rings (SSSR count). The summed E-state index contributed by atoms with van der Waals surface area (Å²) in [5.41, 5.74) is 6.54. The Morgan fingerprint density at radius 3 is 2.41 bits per heavy atom. The van der Waals surface area contributed by atoms with Gasteiger partial charge in [-0.05, 0) is 17.7 Å². The smallest absolute Gasteiger partial charge is 0.149 e. The molecule has 2 N–H and O–H groups in total. The van der Waals surface area contributed by atoms with E-state index in [4.69, 9.17) is 10.5 Å². The number of benzene rings is 2. The van der Waals surface area contributed by atoms with Crippen molar-refractivity contribution in [2.45, 2.75) is 6.61 Å². The molecule has 0 aliphatic rings. The highest BCUT2D eigenvalue weighted by Gasteiger charge is 2.00. The molecule has 2 aromatic rings. The minimum absolute atomic E-state index is 0. The third-order valence-electron chi connectivity index (χ3n) is 2.22. The number of halogens is 2. The van der Waals surface area contributed by atoms with Gasteiger partial charge < -0.3 is 10.5 Å². The number of hydrogen-bond acceptors (Lipinski definition) is 2. The Kier molecular flexibility index (Phi) is 4.79. The first-order chi connectivity index (χ1) is 7.75. The first kappa shape index (κ1) is 13.3. The van der Waals surface area contributed by atoms with E-state index < -0.39 is 5.82 Å². The van der Waals surface area contributed by atoms with Crippen LogP contribution in [0.15, 0.2) is 48.5 Å². The average Bonchev–Trinajstić information content (AvgIpc) is 2.32. The van der Waals surface area contributed by atoms with Gasteiger partial charge in [0.05, 0.1) is 5.69 Å². The highest BCUT2D eigenvalue weighted by Crippen LogP contribution is 2.18. The van der Waals surface area contributed by atoms with E-state index >= 15 is 0 Å². The molecule has 0 saturated heterocycles. The molecule has 4 heteroatoms. The summed E-state index contributed by atoms with van der Waals surface area (Å²) < 4.78 is 18.5. The summed E-state index contributed by atoms with van der Waals surface area (Å²) in [6, 6.07) is 14.1. The fourth-order valence-corrected chi connectivity index (χ4v) is 1.34. The fraction of sp³-hybridized carbons (Fsp3) is 0.0769. The van der Waals surface area contributed by atoms with Gasteiger partial charge in [-0.15, -0.1) is 12.4 Å². The predicted octanol–water partition coefficient (Wildman–Crippen LogP) is 3.41. The molecule has 0 aliphatic carbocycles. The predicted molar refractivity (Wildman–Crippen MR) is 68.8 cm³/mol. The Balaban J connectivity index is 0.00000144. The van der Waals surface area contributed by atoms with Gasteiger partial charge in [0, 0.05) is 6.07 Å². The molecule has 0 spiro atoms. The van der Waals surface area contributed by atoms with Crippen LogP contribution in [0.2, 0.25) is 0 Å². The van der Waals surface area contributed by atoms with Crippen molar-refractivity contribution in [3.8, 4) is 5.75 Å². The van der Waals surface area contributed by atoms with Gasteiger partial charge in [0.25, 0.3) is 0 Å². The molecule has 17 heavy (non-hydrogen) atoms. The Morgan fingerprint density at radius 2 is 1.76 bits per heavy atom. The SMILES string of the molecule is Cl.Nc1ccc(OCc2ccccc2)cc1F. The molecular formula is C13H13ClFNO. The minimum Gasteiger partial charge on any atom is -0.489 e. The molecule has 2 aromatic carbocycles. The van der Waals surface area contributed by atoms with Crippen molar-refractivity contribution in [2.75, 3.05) is 5.73 Å². The Bertz CT molecular complexity index is 476. The molecule has 90 valence electrons. The second kappa shape index (κ2) is 6.11. The molecule has 0 aliphatic heterocycles. The molecule has 0 unspecified atom stereocenters. The molecule has 0 saturated carbocycles. The van der Waals surface area contributed by atoms with E-state index in [1.54, 1.807) is 6.07 Å². The summed E-state index contributed by atoms with van der Waals surface area (Å²) in [4.78, 5) is 0. The van der Waals surface area contributed by atoms with Gasteiger partial charge >= 0.3 is 0 Å². The summed E-state index contributed by atoms with van der Waals surface area (Å²) >= 11 is 0. The van der Waals surface area contributed by atoms with Gasteiger partial charge in [0.2, 0.25) is 0 Å². The van der Waals surface area contributed by atoms with E-state index in [9.17, 15) is 4.39 Å². The second-order valence-corrected chi connectivity index (χ2v) is 3.46. The van der Waals surface area contributed by atoms with Gasteiger partial charge in [-0.25, -0.2) is 4.39 Å². The average molecular weight is 254 g/mol. The van der Waals surface area contributed by atoms with Gasteiger partial charge in [-0.1, -0.05) is 30.3 Å². The standard InChI is InChI=1S/C13H12FNO.ClH/c14-12-8-11(6-7-13(12)15)16-9-10-4-2-1-3-5-10;/h1-8H,9,15H2;1H. The zero-order valence-electron chi connectivity index (χ0n) is 9.10. The molecule has 0 aromatic heterocycles. The zero-order chi connectivity index (χ0) is 11.4. The summed E-state index contributed by atoms with van der Waals surface area (Å²) in [5.74, 6) is 0.0288. The first-order valence-corrected chi connectivity index (χ1v) is 4.97. The van der Waals surface area contributed by atoms with E-state index in [2.05, 4.69) is 0 Å². The lowest BCUT2D eigenvalue weighted by Gasteiger charge is -2.06. The maximum atomic E-state index is 13.1. The van der Waals surface area contributed by atoms with Crippen molar-refractivity contribution >= 4 is 18.1 Å². The van der Waals surface area contributed by atoms with Crippen molar-refractivity contribution in [2.24, 2.45) is 0 Å². The van der Waals surface area contributed by atoms with Crippen LogP contribution in [0.1, 0.15) is 5.56 Å². The molecule has 0 radical (unpaired) electrons. The van der Waals surface area contributed by atoms with Gasteiger partial charge in [-0.2, -0.15) is 0 Å². The number of rotatable bonds is 3. The Morgan fingerprint density at radius 1 is 1.06 bits per heavy atom. The maximum Gasteiger partial charge on any atom is 0.149 e. The highest BCUT2D eigenvalue weighted by molar-refractivity contribution is 5.85. The molecule has 0 atom stereocenters. The Labute approximate surface area is 106 Å². The summed E-state index contributed by atoms with van der Waals surface area (Å²) in [6.07, 6.45) is 0. The van der Waals surface area contributed by atoms with Crippen LogP contribution in [0, 0.1) is 5.82 Å². The van der Waals surface area contributed by atoms with Gasteiger partial charge in [-0.3, -0.25) is 0 Å². The van der Waals surface area contributed by atoms with E-state index in [1.807, 2.05) is 30.3 Å². The maximum absolute atomic E-state index is 13.1. The lowest BCUT2D eigenvalue weighted by Crippen LogP contribution is -1.96. The monoisotopic (exact) mass is 253 g/mol. The lowest BCUT2D eigenvalue weighted by atomic mass is 10.2. The largest absolute Gasteiger partial charge is 0.489 e. The van der Waals surface area contributed by atoms with E-state index in [-0.39, 0.29) is 18.1 Å². The van der Waals surface area contributed by atoms with Crippen LogP contribution in [0.3, 0.4) is 0 Å². The third kappa shape index (κ3) is 3.64. The van der Waals surface area contributed by atoms with Crippen LogP contribution in [0.4, 0.5) is 10.1 Å². The van der Waals surface area contributed by atoms with Crippen LogP contribution in [0.5, 0.6) is 5.75 Å². The fourth-order valence-electron chi connectivity index (χ4n) is 1.34. The van der Waals surface area contributed by atoms with Gasteiger partial charge in [0.1, 0.15) is 18.2 Å². The molecular weight excluding hydrogens is 241 g/mol. The number of anilines is 1. The number of ether oxygens (including phenoxy) is 1. The quantitative estimate of drug-likeness (QED) is 0.851. The van der Waals surface area contributed by atoms with Gasteiger partial charge in [0.15, 0.2) is 0 Å². The number of nitrogen functional groups attached to an aromatic ring is 1. The van der Waals surface area contributed by atoms with Crippen LogP contribution in [0.25, 0.3) is 0 Å². The second-order valence-electron chi connectivity index (χ2n) is 3.46. The summed E-state index contributed by atoms with van der Waals surface area (Å²) in [6.45, 7) is 0.421. The third-order valence-corrected chi connectivity index (χ3v) is 2.22. The van der Waals surface area contributed by atoms with E-state index in [1.165, 1.54) is 12.1 Å². The van der Waals surface area contributed by atoms with E-state index in [0.29, 0.717) is 12.4 Å². The van der Waals surface area contributed by atoms with Crippen molar-refractivity contribution in [3.05, 3.63) is 59.9 Å². The minimum atomic E-state index is -0.453. The summed E-state index contributed by atoms with van der Waals surface area (Å²) in [7, 11) is 0. The molecule has 0 amide bonds. The Hall–Kier alpha value is -1.74. The van der Waals surface area contributed by atoms with Crippen molar-refractivity contribution in [3.63, 3.8) is 0 Å². The topological polar surface area (TPSA) is 35.2 Å². The van der Waals surface area contributed by atoms with Crippen molar-refractivity contribution in [1.29, 1.82) is 0 Å². The van der Waals surface area contributed by atoms with Crippen LogP contribution < -0.4 is 10.5 Å². The number of hydrogen-bond donors (Lipinski definition) is 1. The molecule has 2 nitrogen and oxygen atoms in total. The number of nitrogens with two attached hydrogens (primary N) is 1. The van der Waals surface area contributed by atoms with Crippen LogP contribution in [-0.4, -0.2) is 0 Å². The molecule has 0 fully saturated rings. The van der Waals surface area contributed by atoms with E-state index in [0.717, 1.165) is 5.56 Å². The van der Waals surface area contributed by atoms with Crippen LogP contribution >= 0.6 is 12.4 Å². The van der Waals surface area contributed by atoms with Crippen molar-refractivity contribution in [1.82, 2.24) is 0 Å². The molecule has 0 bridgehead atoms. The highest BCUT2D eigenvalue weighted by atomic mass is 35.5. The summed E-state index contributed by atoms with van der Waals surface area (Å²) in [5, 5.41) is 0. The van der Waals surface area contributed by atoms with Crippen molar-refractivity contribution < 1.29 is 9.13 Å². The lowest BCUT2D eigenvalue weighted by molar-refractivity contribution is 0.304. The molecule has 0 heterocycles. The first-order valence-electron chi connectivity index (χ1n) is 4.97.